The van der Waals surface area contributed by atoms with Crippen LogP contribution in [0.4, 0.5) is 0 Å². The second-order valence-electron chi connectivity index (χ2n) is 8.68. The van der Waals surface area contributed by atoms with Crippen molar-refractivity contribution in [1.82, 2.24) is 15.1 Å². The Hall–Kier alpha value is -3.66. The Kier molecular flexibility index (Phi) is 5.36. The van der Waals surface area contributed by atoms with Crippen molar-refractivity contribution >= 4 is 5.91 Å². The first-order valence-corrected chi connectivity index (χ1v) is 11.2. The number of aromatic amines is 1. The lowest BCUT2D eigenvalue weighted by atomic mass is 9.93. The zero-order valence-corrected chi connectivity index (χ0v) is 18.5. The van der Waals surface area contributed by atoms with Crippen molar-refractivity contribution in [1.29, 1.82) is 0 Å². The number of carbonyl (C=O) groups is 1. The number of carbonyl (C=O) groups excluding carboxylic acids is 1. The van der Waals surface area contributed by atoms with Crippen molar-refractivity contribution in [3.8, 4) is 11.3 Å². The molecule has 1 aliphatic rings. The van der Waals surface area contributed by atoms with Gasteiger partial charge >= 0.3 is 0 Å². The molecule has 4 nitrogen and oxygen atoms in total. The molecule has 0 spiro atoms. The molecule has 1 unspecified atom stereocenters. The third kappa shape index (κ3) is 3.62. The quantitative estimate of drug-likeness (QED) is 0.416. The minimum atomic E-state index is -0.156. The maximum absolute atomic E-state index is 13.5. The largest absolute Gasteiger partial charge is 0.326 e. The fraction of sp³-hybridized carbons (Fsp3) is 0.214. The van der Waals surface area contributed by atoms with Crippen LogP contribution in [-0.4, -0.2) is 27.5 Å². The normalized spacial score (nSPS) is 15.4. The number of nitrogens with zero attached hydrogens (tertiary/aromatic N) is 2. The maximum atomic E-state index is 13.5. The lowest BCUT2D eigenvalue weighted by Gasteiger charge is -2.27. The van der Waals surface area contributed by atoms with Gasteiger partial charge in [-0.15, -0.1) is 0 Å². The second-order valence-corrected chi connectivity index (χ2v) is 8.68. The van der Waals surface area contributed by atoms with Crippen LogP contribution in [-0.2, 0) is 6.42 Å². The molecule has 2 heterocycles. The average Bonchev–Trinajstić information content (AvgIpc) is 3.38. The van der Waals surface area contributed by atoms with Crippen LogP contribution in [0.25, 0.3) is 11.3 Å². The standard InChI is InChI=1S/C28H27N3O/c1-19(2)21-13-15-23(16-14-21)27-24-25(22-11-7-4-8-12-22)29-30-26(24)28(32)31(27)18-17-20-9-5-3-6-10-20/h3-16,19,27H,17-18H2,1-2H3,(H,29,30). The van der Waals surface area contributed by atoms with Gasteiger partial charge in [-0.05, 0) is 29.0 Å². The summed E-state index contributed by atoms with van der Waals surface area (Å²) in [5.41, 5.74) is 7.10. The highest BCUT2D eigenvalue weighted by molar-refractivity contribution is 6.00. The third-order valence-electron chi connectivity index (χ3n) is 6.31. The first kappa shape index (κ1) is 20.3. The highest BCUT2D eigenvalue weighted by atomic mass is 16.2. The van der Waals surface area contributed by atoms with E-state index < -0.39 is 0 Å². The molecule has 0 bridgehead atoms. The fourth-order valence-corrected chi connectivity index (χ4v) is 4.55. The summed E-state index contributed by atoms with van der Waals surface area (Å²) in [5.74, 6) is 0.483. The van der Waals surface area contributed by atoms with E-state index in [4.69, 9.17) is 0 Å². The van der Waals surface area contributed by atoms with Gasteiger partial charge < -0.3 is 4.90 Å². The molecular weight excluding hydrogens is 394 g/mol. The van der Waals surface area contributed by atoms with Crippen LogP contribution in [0, 0.1) is 0 Å². The lowest BCUT2D eigenvalue weighted by Crippen LogP contribution is -2.31. The number of benzene rings is 3. The molecule has 4 heteroatoms. The molecule has 0 saturated carbocycles. The molecule has 1 atom stereocenters. The monoisotopic (exact) mass is 421 g/mol. The van der Waals surface area contributed by atoms with Crippen molar-refractivity contribution in [2.45, 2.75) is 32.2 Å². The van der Waals surface area contributed by atoms with E-state index in [9.17, 15) is 4.79 Å². The first-order valence-electron chi connectivity index (χ1n) is 11.2. The number of nitrogens with one attached hydrogen (secondary N) is 1. The van der Waals surface area contributed by atoms with Crippen molar-refractivity contribution in [3.05, 3.63) is 113 Å². The Morgan fingerprint density at radius 1 is 0.906 bits per heavy atom. The number of amides is 1. The predicted molar refractivity (Wildman–Crippen MR) is 128 cm³/mol. The van der Waals surface area contributed by atoms with E-state index in [0.717, 1.165) is 28.8 Å². The van der Waals surface area contributed by atoms with Gasteiger partial charge in [-0.1, -0.05) is 98.8 Å². The van der Waals surface area contributed by atoms with Crippen LogP contribution in [0.5, 0.6) is 0 Å². The van der Waals surface area contributed by atoms with Gasteiger partial charge in [0.1, 0.15) is 5.69 Å². The summed E-state index contributed by atoms with van der Waals surface area (Å²) in [4.78, 5) is 15.5. The van der Waals surface area contributed by atoms with E-state index in [-0.39, 0.29) is 11.9 Å². The zero-order valence-electron chi connectivity index (χ0n) is 18.5. The van der Waals surface area contributed by atoms with Gasteiger partial charge in [0, 0.05) is 17.7 Å². The summed E-state index contributed by atoms with van der Waals surface area (Å²) in [6.45, 7) is 5.04. The second kappa shape index (κ2) is 8.46. The highest BCUT2D eigenvalue weighted by Crippen LogP contribution is 2.42. The van der Waals surface area contributed by atoms with Crippen molar-refractivity contribution < 1.29 is 4.79 Å². The van der Waals surface area contributed by atoms with Crippen LogP contribution >= 0.6 is 0 Å². The molecule has 4 aromatic rings. The van der Waals surface area contributed by atoms with Gasteiger partial charge in [-0.2, -0.15) is 5.10 Å². The summed E-state index contributed by atoms with van der Waals surface area (Å²) >= 11 is 0. The topological polar surface area (TPSA) is 49.0 Å². The van der Waals surface area contributed by atoms with Gasteiger partial charge in [0.25, 0.3) is 5.91 Å². The molecule has 32 heavy (non-hydrogen) atoms. The molecule has 5 rings (SSSR count). The molecule has 160 valence electrons. The molecule has 1 amide bonds. The summed E-state index contributed by atoms with van der Waals surface area (Å²) in [6.07, 6.45) is 0.811. The Morgan fingerprint density at radius 2 is 1.56 bits per heavy atom. The molecular formula is C28H27N3O. The van der Waals surface area contributed by atoms with Crippen LogP contribution in [0.2, 0.25) is 0 Å². The molecule has 0 radical (unpaired) electrons. The summed E-state index contributed by atoms with van der Waals surface area (Å²) in [6, 6.07) is 29.0. The van der Waals surface area contributed by atoms with Crippen molar-refractivity contribution in [2.24, 2.45) is 0 Å². The third-order valence-corrected chi connectivity index (χ3v) is 6.31. The van der Waals surface area contributed by atoms with Crippen molar-refractivity contribution in [2.75, 3.05) is 6.54 Å². The summed E-state index contributed by atoms with van der Waals surface area (Å²) in [7, 11) is 0. The number of H-pyrrole nitrogens is 1. The van der Waals surface area contributed by atoms with E-state index in [1.807, 2.05) is 53.4 Å². The van der Waals surface area contributed by atoms with E-state index >= 15 is 0 Å². The molecule has 1 aliphatic heterocycles. The average molecular weight is 422 g/mol. The van der Waals surface area contributed by atoms with Crippen LogP contribution in [0.15, 0.2) is 84.9 Å². The number of rotatable bonds is 6. The minimum absolute atomic E-state index is 0.0172. The van der Waals surface area contributed by atoms with Gasteiger partial charge in [-0.25, -0.2) is 0 Å². The van der Waals surface area contributed by atoms with E-state index in [1.54, 1.807) is 0 Å². The molecule has 0 saturated heterocycles. The van der Waals surface area contributed by atoms with Crippen molar-refractivity contribution in [3.63, 3.8) is 0 Å². The maximum Gasteiger partial charge on any atom is 0.273 e. The Labute approximate surface area is 188 Å². The molecule has 1 aromatic heterocycles. The number of hydrogen-bond donors (Lipinski definition) is 1. The smallest absolute Gasteiger partial charge is 0.273 e. The fourth-order valence-electron chi connectivity index (χ4n) is 4.55. The van der Waals surface area contributed by atoms with E-state index in [0.29, 0.717) is 18.2 Å². The van der Waals surface area contributed by atoms with Gasteiger partial charge in [0.2, 0.25) is 0 Å². The molecule has 0 aliphatic carbocycles. The Bertz CT molecular complexity index is 1210. The van der Waals surface area contributed by atoms with Gasteiger partial charge in [-0.3, -0.25) is 9.89 Å². The predicted octanol–water partition coefficient (Wildman–Crippen LogP) is 5.99. The lowest BCUT2D eigenvalue weighted by molar-refractivity contribution is 0.0746. The van der Waals surface area contributed by atoms with Crippen LogP contribution in [0.1, 0.15) is 58.5 Å². The first-order chi connectivity index (χ1) is 15.6. The van der Waals surface area contributed by atoms with Crippen LogP contribution < -0.4 is 0 Å². The zero-order chi connectivity index (χ0) is 22.1. The molecule has 3 aromatic carbocycles. The SMILES string of the molecule is CC(C)c1ccc(C2c3c(-c4ccccc4)n[nH]c3C(=O)N2CCc2ccccc2)cc1. The summed E-state index contributed by atoms with van der Waals surface area (Å²) in [5, 5.41) is 7.61. The van der Waals surface area contributed by atoms with E-state index in [2.05, 4.69) is 60.4 Å². The van der Waals surface area contributed by atoms with Gasteiger partial charge in [0.15, 0.2) is 0 Å². The summed E-state index contributed by atoms with van der Waals surface area (Å²) < 4.78 is 0. The minimum Gasteiger partial charge on any atom is -0.326 e. The van der Waals surface area contributed by atoms with Crippen LogP contribution in [0.3, 0.4) is 0 Å². The number of fused-ring (bicyclic) bond motifs is 1. The number of aromatic nitrogens is 2. The number of hydrogen-bond acceptors (Lipinski definition) is 2. The molecule has 0 fully saturated rings. The van der Waals surface area contributed by atoms with Gasteiger partial charge in [0.05, 0.1) is 11.7 Å². The Balaban J connectivity index is 1.57. The highest BCUT2D eigenvalue weighted by Gasteiger charge is 2.41. The molecule has 1 N–H and O–H groups in total. The Morgan fingerprint density at radius 3 is 2.22 bits per heavy atom. The van der Waals surface area contributed by atoms with E-state index in [1.165, 1.54) is 11.1 Å².